The highest BCUT2D eigenvalue weighted by atomic mass is 16.6. The fourth-order valence-corrected chi connectivity index (χ4v) is 3.02. The molecule has 0 amide bonds. The van der Waals surface area contributed by atoms with Gasteiger partial charge in [0.2, 0.25) is 0 Å². The van der Waals surface area contributed by atoms with E-state index in [0.29, 0.717) is 22.3 Å². The van der Waals surface area contributed by atoms with Gasteiger partial charge in [-0.05, 0) is 43.5 Å². The van der Waals surface area contributed by atoms with Crippen LogP contribution >= 0.6 is 0 Å². The Bertz CT molecular complexity index is 980. The Morgan fingerprint density at radius 2 is 1.52 bits per heavy atom. The SMILES string of the molecule is CC(C)(C)OC(=O)c1cccc2c1-c1ccccc1C2=C(C#N)C#N. The van der Waals surface area contributed by atoms with Gasteiger partial charge in [-0.2, -0.15) is 10.5 Å². The van der Waals surface area contributed by atoms with Gasteiger partial charge in [-0.15, -0.1) is 0 Å². The van der Waals surface area contributed by atoms with Gasteiger partial charge in [0.05, 0.1) is 5.56 Å². The Hall–Kier alpha value is -3.37. The summed E-state index contributed by atoms with van der Waals surface area (Å²) < 4.78 is 5.53. The van der Waals surface area contributed by atoms with E-state index < -0.39 is 11.6 Å². The molecule has 0 unspecified atom stereocenters. The van der Waals surface area contributed by atoms with Crippen LogP contribution in [-0.2, 0) is 4.74 Å². The maximum Gasteiger partial charge on any atom is 0.339 e. The Morgan fingerprint density at radius 1 is 0.920 bits per heavy atom. The molecule has 0 N–H and O–H groups in total. The first kappa shape index (κ1) is 16.5. The van der Waals surface area contributed by atoms with E-state index in [1.54, 1.807) is 12.1 Å². The number of fused-ring (bicyclic) bond motifs is 3. The molecule has 0 aliphatic heterocycles. The predicted octanol–water partition coefficient (Wildman–Crippen LogP) is 4.47. The Morgan fingerprint density at radius 3 is 2.12 bits per heavy atom. The third-order valence-electron chi connectivity index (χ3n) is 3.89. The van der Waals surface area contributed by atoms with Crippen molar-refractivity contribution in [2.75, 3.05) is 0 Å². The average molecular weight is 328 g/mol. The minimum atomic E-state index is -0.610. The third-order valence-corrected chi connectivity index (χ3v) is 3.89. The number of carbonyl (C=O) groups excluding carboxylic acids is 1. The van der Waals surface area contributed by atoms with E-state index in [1.165, 1.54) is 0 Å². The van der Waals surface area contributed by atoms with Crippen molar-refractivity contribution < 1.29 is 9.53 Å². The molecule has 0 aromatic heterocycles. The number of rotatable bonds is 1. The summed E-state index contributed by atoms with van der Waals surface area (Å²) in [5.74, 6) is -0.420. The molecule has 0 atom stereocenters. The van der Waals surface area contributed by atoms with E-state index in [2.05, 4.69) is 0 Å². The second-order valence-electron chi connectivity index (χ2n) is 6.75. The van der Waals surface area contributed by atoms with Crippen molar-refractivity contribution in [2.45, 2.75) is 26.4 Å². The Labute approximate surface area is 146 Å². The van der Waals surface area contributed by atoms with E-state index in [1.807, 2.05) is 63.2 Å². The predicted molar refractivity (Wildman–Crippen MR) is 94.3 cm³/mol. The molecule has 0 saturated carbocycles. The summed E-state index contributed by atoms with van der Waals surface area (Å²) in [7, 11) is 0. The summed E-state index contributed by atoms with van der Waals surface area (Å²) >= 11 is 0. The van der Waals surface area contributed by atoms with Gasteiger partial charge in [-0.25, -0.2) is 4.79 Å². The maximum absolute atomic E-state index is 12.7. The highest BCUT2D eigenvalue weighted by Crippen LogP contribution is 2.47. The molecule has 0 saturated heterocycles. The van der Waals surface area contributed by atoms with Gasteiger partial charge in [0.15, 0.2) is 0 Å². The summed E-state index contributed by atoms with van der Waals surface area (Å²) in [5, 5.41) is 18.7. The molecule has 1 aliphatic rings. The van der Waals surface area contributed by atoms with Crippen LogP contribution in [0.15, 0.2) is 48.0 Å². The van der Waals surface area contributed by atoms with Crippen molar-refractivity contribution in [1.82, 2.24) is 0 Å². The molecule has 2 aromatic carbocycles. The van der Waals surface area contributed by atoms with Gasteiger partial charge >= 0.3 is 5.97 Å². The molecule has 0 heterocycles. The Kier molecular flexibility index (Phi) is 3.91. The number of allylic oxidation sites excluding steroid dienone is 1. The van der Waals surface area contributed by atoms with Crippen molar-refractivity contribution in [3.8, 4) is 23.3 Å². The number of ether oxygens (including phenoxy) is 1. The van der Waals surface area contributed by atoms with Gasteiger partial charge in [0.1, 0.15) is 23.3 Å². The molecule has 0 fully saturated rings. The van der Waals surface area contributed by atoms with Gasteiger partial charge < -0.3 is 4.74 Å². The summed E-state index contributed by atoms with van der Waals surface area (Å²) in [6.07, 6.45) is 0. The first-order valence-corrected chi connectivity index (χ1v) is 7.88. The molecule has 3 rings (SSSR count). The summed E-state index contributed by atoms with van der Waals surface area (Å²) in [5.41, 5.74) is 3.47. The molecule has 2 aromatic rings. The number of benzene rings is 2. The van der Waals surface area contributed by atoms with Crippen molar-refractivity contribution in [2.24, 2.45) is 0 Å². The second-order valence-corrected chi connectivity index (χ2v) is 6.75. The monoisotopic (exact) mass is 328 g/mol. The second kappa shape index (κ2) is 5.92. The van der Waals surface area contributed by atoms with Crippen LogP contribution < -0.4 is 0 Å². The molecule has 4 heteroatoms. The van der Waals surface area contributed by atoms with Gasteiger partial charge in [-0.3, -0.25) is 0 Å². The lowest BCUT2D eigenvalue weighted by Gasteiger charge is -2.20. The lowest BCUT2D eigenvalue weighted by molar-refractivity contribution is 0.00704. The number of nitrogens with zero attached hydrogens (tertiary/aromatic N) is 2. The fraction of sp³-hybridized carbons (Fsp3) is 0.190. The lowest BCUT2D eigenvalue weighted by Crippen LogP contribution is -2.24. The van der Waals surface area contributed by atoms with Crippen LogP contribution in [0.25, 0.3) is 16.7 Å². The number of carbonyl (C=O) groups is 1. The Balaban J connectivity index is 2.31. The van der Waals surface area contributed by atoms with E-state index in [0.717, 1.165) is 11.1 Å². The first-order valence-electron chi connectivity index (χ1n) is 7.88. The zero-order chi connectivity index (χ0) is 18.2. The molecule has 25 heavy (non-hydrogen) atoms. The topological polar surface area (TPSA) is 73.9 Å². The molecule has 0 bridgehead atoms. The first-order chi connectivity index (χ1) is 11.9. The molecule has 4 nitrogen and oxygen atoms in total. The van der Waals surface area contributed by atoms with Crippen LogP contribution in [0.2, 0.25) is 0 Å². The number of hydrogen-bond acceptors (Lipinski definition) is 4. The molecular weight excluding hydrogens is 312 g/mol. The van der Waals surface area contributed by atoms with Crippen LogP contribution in [0.4, 0.5) is 0 Å². The average Bonchev–Trinajstić information content (AvgIpc) is 2.90. The van der Waals surface area contributed by atoms with Crippen LogP contribution in [0, 0.1) is 22.7 Å². The molecule has 122 valence electrons. The van der Waals surface area contributed by atoms with Crippen LogP contribution in [0.1, 0.15) is 42.3 Å². The van der Waals surface area contributed by atoms with Crippen molar-refractivity contribution in [3.63, 3.8) is 0 Å². The summed E-state index contributed by atoms with van der Waals surface area (Å²) in [6.45, 7) is 5.45. The van der Waals surface area contributed by atoms with E-state index >= 15 is 0 Å². The minimum absolute atomic E-state index is 0.0348. The summed E-state index contributed by atoms with van der Waals surface area (Å²) in [4.78, 5) is 12.7. The largest absolute Gasteiger partial charge is 0.456 e. The smallest absolute Gasteiger partial charge is 0.339 e. The summed E-state index contributed by atoms with van der Waals surface area (Å²) in [6, 6.07) is 16.7. The van der Waals surface area contributed by atoms with E-state index in [9.17, 15) is 15.3 Å². The number of hydrogen-bond donors (Lipinski definition) is 0. The van der Waals surface area contributed by atoms with Gasteiger partial charge in [-0.1, -0.05) is 36.4 Å². The molecule has 1 aliphatic carbocycles. The van der Waals surface area contributed by atoms with Gasteiger partial charge in [0, 0.05) is 11.1 Å². The quantitative estimate of drug-likeness (QED) is 0.488. The van der Waals surface area contributed by atoms with E-state index in [-0.39, 0.29) is 5.57 Å². The van der Waals surface area contributed by atoms with Crippen LogP contribution in [-0.4, -0.2) is 11.6 Å². The zero-order valence-corrected chi connectivity index (χ0v) is 14.3. The molecular formula is C21H16N2O2. The van der Waals surface area contributed by atoms with Gasteiger partial charge in [0.25, 0.3) is 0 Å². The third kappa shape index (κ3) is 2.79. The fourth-order valence-electron chi connectivity index (χ4n) is 3.02. The maximum atomic E-state index is 12.7. The number of nitriles is 2. The van der Waals surface area contributed by atoms with Crippen molar-refractivity contribution in [3.05, 3.63) is 64.7 Å². The molecule has 0 spiro atoms. The minimum Gasteiger partial charge on any atom is -0.456 e. The highest BCUT2D eigenvalue weighted by Gasteiger charge is 2.31. The zero-order valence-electron chi connectivity index (χ0n) is 14.3. The normalized spacial score (nSPS) is 11.8. The van der Waals surface area contributed by atoms with Crippen molar-refractivity contribution in [1.29, 1.82) is 10.5 Å². The van der Waals surface area contributed by atoms with Crippen LogP contribution in [0.3, 0.4) is 0 Å². The van der Waals surface area contributed by atoms with E-state index in [4.69, 9.17) is 4.74 Å². The number of esters is 1. The van der Waals surface area contributed by atoms with Crippen LogP contribution in [0.5, 0.6) is 0 Å². The lowest BCUT2D eigenvalue weighted by atomic mass is 9.97. The highest BCUT2D eigenvalue weighted by molar-refractivity contribution is 6.10. The molecule has 0 radical (unpaired) electrons. The van der Waals surface area contributed by atoms with Crippen molar-refractivity contribution >= 4 is 11.5 Å². The standard InChI is InChI=1S/C21H16N2O2/c1-21(2,3)25-20(24)17-10-6-9-16-18(13(11-22)12-23)14-7-4-5-8-15(14)19(16)17/h4-10H,1-3H3.